The normalized spacial score (nSPS) is 16.5. The number of aryl methyl sites for hydroxylation is 1. The van der Waals surface area contributed by atoms with E-state index in [1.807, 2.05) is 31.2 Å². The number of phenolic OH excluding ortho intramolecular Hbond substituents is 1. The van der Waals surface area contributed by atoms with Crippen LogP contribution in [0.4, 0.5) is 5.69 Å². The highest BCUT2D eigenvalue weighted by Crippen LogP contribution is 2.40. The van der Waals surface area contributed by atoms with E-state index >= 15 is 0 Å². The summed E-state index contributed by atoms with van der Waals surface area (Å²) >= 11 is 1.16. The Kier molecular flexibility index (Phi) is 6.29. The zero-order valence-corrected chi connectivity index (χ0v) is 17.1. The van der Waals surface area contributed by atoms with E-state index in [4.69, 9.17) is 9.47 Å². The molecule has 0 unspecified atom stereocenters. The third kappa shape index (κ3) is 4.63. The maximum absolute atomic E-state index is 12.4. The van der Waals surface area contributed by atoms with Crippen LogP contribution in [0.25, 0.3) is 6.08 Å². The second-order valence-electron chi connectivity index (χ2n) is 6.24. The molecule has 1 aliphatic rings. The smallest absolute Gasteiger partial charge is 0.344 e. The zero-order chi connectivity index (χ0) is 21.0. The van der Waals surface area contributed by atoms with Crippen molar-refractivity contribution in [2.45, 2.75) is 13.8 Å². The largest absolute Gasteiger partial charge is 0.506 e. The van der Waals surface area contributed by atoms with Crippen molar-refractivity contribution in [1.29, 1.82) is 0 Å². The number of carbonyl (C=O) groups excluding carboxylic acids is 1. The summed E-state index contributed by atoms with van der Waals surface area (Å²) in [5, 5.41) is 21.0. The molecule has 150 valence electrons. The van der Waals surface area contributed by atoms with Gasteiger partial charge >= 0.3 is 5.97 Å². The number of hydrogen-bond acceptors (Lipinski definition) is 7. The molecule has 6 nitrogen and oxygen atoms in total. The van der Waals surface area contributed by atoms with Gasteiger partial charge in [0.25, 0.3) is 0 Å². The maximum Gasteiger partial charge on any atom is 0.344 e. The zero-order valence-electron chi connectivity index (χ0n) is 16.3. The van der Waals surface area contributed by atoms with Crippen LogP contribution in [-0.4, -0.2) is 34.9 Å². The van der Waals surface area contributed by atoms with Crippen molar-refractivity contribution in [1.82, 2.24) is 0 Å². The fourth-order valence-corrected chi connectivity index (χ4v) is 3.71. The number of esters is 1. The second-order valence-corrected chi connectivity index (χ2v) is 7.27. The lowest BCUT2D eigenvalue weighted by molar-refractivity contribution is -0.138. The first-order valence-electron chi connectivity index (χ1n) is 8.96. The molecule has 0 fully saturated rings. The lowest BCUT2D eigenvalue weighted by Crippen LogP contribution is -2.12. The summed E-state index contributed by atoms with van der Waals surface area (Å²) in [6.07, 6.45) is 1.66. The van der Waals surface area contributed by atoms with Gasteiger partial charge in [0.15, 0.2) is 11.5 Å². The highest BCUT2D eigenvalue weighted by Gasteiger charge is 2.33. The van der Waals surface area contributed by atoms with Gasteiger partial charge < -0.3 is 19.7 Å². The van der Waals surface area contributed by atoms with Gasteiger partial charge in [0.05, 0.1) is 24.3 Å². The maximum atomic E-state index is 12.4. The molecule has 0 saturated heterocycles. The Balaban J connectivity index is 2.02. The van der Waals surface area contributed by atoms with Gasteiger partial charge in [-0.3, -0.25) is 0 Å². The molecule has 0 saturated carbocycles. The van der Waals surface area contributed by atoms with Gasteiger partial charge in [0.2, 0.25) is 0 Å². The lowest BCUT2D eigenvalue weighted by Gasteiger charge is -2.04. The lowest BCUT2D eigenvalue weighted by atomic mass is 10.1. The molecule has 0 aliphatic carbocycles. The topological polar surface area (TPSA) is 88.4 Å². The first-order valence-corrected chi connectivity index (χ1v) is 9.77. The number of benzene rings is 2. The van der Waals surface area contributed by atoms with Gasteiger partial charge in [-0.05, 0) is 49.8 Å². The van der Waals surface area contributed by atoms with Crippen LogP contribution in [0, 0.1) is 6.92 Å². The van der Waals surface area contributed by atoms with E-state index in [1.54, 1.807) is 25.1 Å². The van der Waals surface area contributed by atoms with Crippen molar-refractivity contribution in [2.75, 3.05) is 13.7 Å². The number of thioether (sulfide) groups is 1. The number of aliphatic hydroxyl groups is 1. The van der Waals surface area contributed by atoms with Gasteiger partial charge in [-0.2, -0.15) is 0 Å². The Morgan fingerprint density at radius 1 is 1.17 bits per heavy atom. The average Bonchev–Trinajstić information content (AvgIpc) is 2.99. The third-order valence-electron chi connectivity index (χ3n) is 4.14. The molecule has 0 aromatic heterocycles. The van der Waals surface area contributed by atoms with Crippen LogP contribution in [0.1, 0.15) is 18.1 Å². The van der Waals surface area contributed by atoms with Crippen molar-refractivity contribution in [3.63, 3.8) is 0 Å². The van der Waals surface area contributed by atoms with Crippen LogP contribution in [-0.2, 0) is 9.53 Å². The van der Waals surface area contributed by atoms with Crippen molar-refractivity contribution in [3.8, 4) is 11.5 Å². The molecule has 1 aliphatic heterocycles. The summed E-state index contributed by atoms with van der Waals surface area (Å²) in [6.45, 7) is 3.86. The Labute approximate surface area is 173 Å². The number of aliphatic imine (C=N–C) groups is 1. The quantitative estimate of drug-likeness (QED) is 0.680. The number of aromatic hydroxyl groups is 1. The Hall–Kier alpha value is -3.19. The summed E-state index contributed by atoms with van der Waals surface area (Å²) in [4.78, 5) is 17.4. The van der Waals surface area contributed by atoms with E-state index in [9.17, 15) is 15.0 Å². The van der Waals surface area contributed by atoms with Crippen molar-refractivity contribution >= 4 is 34.5 Å². The average molecular weight is 411 g/mol. The van der Waals surface area contributed by atoms with E-state index in [-0.39, 0.29) is 23.7 Å². The fraction of sp³-hybridized carbons (Fsp3) is 0.182. The summed E-state index contributed by atoms with van der Waals surface area (Å²) in [7, 11) is 1.47. The summed E-state index contributed by atoms with van der Waals surface area (Å²) in [5.41, 5.74) is 2.42. The molecule has 0 radical (unpaired) electrons. The SMILES string of the molecule is CCOC(=O)C1=C(O)/C(=C\c2ccc(OC)c(O)c2)SC1=Nc1ccc(C)cc1. The van der Waals surface area contributed by atoms with Crippen LogP contribution in [0.15, 0.2) is 63.7 Å². The van der Waals surface area contributed by atoms with E-state index in [2.05, 4.69) is 4.99 Å². The summed E-state index contributed by atoms with van der Waals surface area (Å²) in [5.74, 6) is -0.508. The van der Waals surface area contributed by atoms with Gasteiger partial charge in [-0.25, -0.2) is 9.79 Å². The molecule has 2 aromatic carbocycles. The number of rotatable bonds is 5. The molecule has 0 amide bonds. The molecule has 3 rings (SSSR count). The number of nitrogens with zero attached hydrogens (tertiary/aromatic N) is 1. The number of aliphatic hydroxyl groups excluding tert-OH is 1. The van der Waals surface area contributed by atoms with Gasteiger partial charge in [-0.15, -0.1) is 0 Å². The van der Waals surface area contributed by atoms with Crippen molar-refractivity contribution < 1.29 is 24.5 Å². The van der Waals surface area contributed by atoms with E-state index in [0.29, 0.717) is 26.9 Å². The summed E-state index contributed by atoms with van der Waals surface area (Å²) < 4.78 is 10.1. The number of ether oxygens (including phenoxy) is 2. The minimum Gasteiger partial charge on any atom is -0.506 e. The van der Waals surface area contributed by atoms with Crippen molar-refractivity contribution in [2.24, 2.45) is 4.99 Å². The van der Waals surface area contributed by atoms with Crippen molar-refractivity contribution in [3.05, 3.63) is 69.8 Å². The molecule has 0 bridgehead atoms. The van der Waals surface area contributed by atoms with Gasteiger partial charge in [0, 0.05) is 0 Å². The van der Waals surface area contributed by atoms with Crippen LogP contribution in [0.2, 0.25) is 0 Å². The minimum absolute atomic E-state index is 0.0209. The third-order valence-corrected chi connectivity index (χ3v) is 5.16. The Morgan fingerprint density at radius 3 is 2.52 bits per heavy atom. The highest BCUT2D eigenvalue weighted by atomic mass is 32.2. The predicted molar refractivity (Wildman–Crippen MR) is 115 cm³/mol. The minimum atomic E-state index is -0.635. The fourth-order valence-electron chi connectivity index (χ4n) is 2.68. The van der Waals surface area contributed by atoms with E-state index in [0.717, 1.165) is 17.3 Å². The van der Waals surface area contributed by atoms with E-state index < -0.39 is 5.97 Å². The molecule has 1 heterocycles. The first kappa shape index (κ1) is 20.5. The standard InChI is InChI=1S/C22H21NO5S/c1-4-28-22(26)19-20(25)18(12-14-7-10-17(27-3)16(24)11-14)29-21(19)23-15-8-5-13(2)6-9-15/h5-12,24-25H,4H2,1-3H3/b18-12+,23-21?. The Morgan fingerprint density at radius 2 is 1.90 bits per heavy atom. The molecule has 7 heteroatoms. The van der Waals surface area contributed by atoms with Gasteiger partial charge in [-0.1, -0.05) is 35.5 Å². The number of hydrogen-bond donors (Lipinski definition) is 2. The first-order chi connectivity index (χ1) is 13.9. The van der Waals surface area contributed by atoms with Crippen LogP contribution < -0.4 is 4.74 Å². The molecule has 29 heavy (non-hydrogen) atoms. The number of methoxy groups -OCH3 is 1. The number of carbonyl (C=O) groups is 1. The molecule has 2 N–H and O–H groups in total. The van der Waals surface area contributed by atoms with Crippen LogP contribution in [0.5, 0.6) is 11.5 Å². The second kappa shape index (κ2) is 8.87. The Bertz CT molecular complexity index is 1020. The summed E-state index contributed by atoms with van der Waals surface area (Å²) in [6, 6.07) is 12.4. The van der Waals surface area contributed by atoms with Crippen LogP contribution >= 0.6 is 11.8 Å². The highest BCUT2D eigenvalue weighted by molar-refractivity contribution is 8.18. The predicted octanol–water partition coefficient (Wildman–Crippen LogP) is 4.90. The molecular formula is C22H21NO5S. The van der Waals surface area contributed by atoms with Crippen LogP contribution in [0.3, 0.4) is 0 Å². The van der Waals surface area contributed by atoms with Gasteiger partial charge in [0.1, 0.15) is 16.4 Å². The molecular weight excluding hydrogens is 390 g/mol. The van der Waals surface area contributed by atoms with E-state index in [1.165, 1.54) is 13.2 Å². The molecule has 0 atom stereocenters. The molecule has 2 aromatic rings. The monoisotopic (exact) mass is 411 g/mol. The molecule has 0 spiro atoms. The number of phenols is 1.